The van der Waals surface area contributed by atoms with E-state index in [1.165, 1.54) is 0 Å². The SMILES string of the molecule is CCCCNC(=O)C[C@H](O)[C@H](CC(C)C)NC(=O)[C@@H](NC(=O)c1ccc2cc(C(=O)OCCCC(=O)N[C@H](CC(C)C)C(=O)N[C@H](CCCCN)C(=O)NCCCC(C)Nc3cc(OC)cc4cccnc34)ccc2c1)[C@H](C)CC. The number of amides is 6. The molecule has 0 saturated carbocycles. The first-order chi connectivity index (χ1) is 38.3. The summed E-state index contributed by atoms with van der Waals surface area (Å²) in [4.78, 5) is 98.3. The molecule has 19 nitrogen and oxygen atoms in total. The molecule has 0 aliphatic carbocycles. The molecule has 3 aromatic carbocycles. The van der Waals surface area contributed by atoms with E-state index < -0.39 is 59.9 Å². The molecule has 1 unspecified atom stereocenters. The van der Waals surface area contributed by atoms with Gasteiger partial charge in [0.15, 0.2) is 0 Å². The molecule has 6 amide bonds. The van der Waals surface area contributed by atoms with Gasteiger partial charge in [-0.15, -0.1) is 0 Å². The van der Waals surface area contributed by atoms with Crippen molar-refractivity contribution in [2.45, 2.75) is 175 Å². The van der Waals surface area contributed by atoms with Crippen molar-refractivity contribution < 1.29 is 48.1 Å². The molecule has 7 atom stereocenters. The van der Waals surface area contributed by atoms with E-state index in [4.69, 9.17) is 15.2 Å². The maximum absolute atomic E-state index is 13.8. The molecule has 0 saturated heterocycles. The van der Waals surface area contributed by atoms with Crippen LogP contribution in [0, 0.1) is 17.8 Å². The number of hydrogen-bond donors (Lipinski definition) is 9. The van der Waals surface area contributed by atoms with Crippen LogP contribution >= 0.6 is 0 Å². The van der Waals surface area contributed by atoms with Crippen molar-refractivity contribution >= 4 is 68.8 Å². The second-order valence-electron chi connectivity index (χ2n) is 21.9. The van der Waals surface area contributed by atoms with Crippen LogP contribution in [0.2, 0.25) is 0 Å². The van der Waals surface area contributed by atoms with Gasteiger partial charge in [0.1, 0.15) is 23.9 Å². The fraction of sp³-hybridized carbons (Fsp3) is 0.574. The number of rotatable bonds is 36. The first kappa shape index (κ1) is 65.7. The zero-order chi connectivity index (χ0) is 58.7. The number of nitrogens with two attached hydrogens (primary N) is 1. The molecule has 0 spiro atoms. The number of nitrogens with one attached hydrogen (secondary N) is 7. The highest BCUT2D eigenvalue weighted by Crippen LogP contribution is 2.29. The highest BCUT2D eigenvalue weighted by Gasteiger charge is 2.32. The summed E-state index contributed by atoms with van der Waals surface area (Å²) in [7, 11) is 1.63. The van der Waals surface area contributed by atoms with Gasteiger partial charge in [0.25, 0.3) is 5.91 Å². The number of carbonyl (C=O) groups is 7. The smallest absolute Gasteiger partial charge is 0.338 e. The molecule has 19 heteroatoms. The first-order valence-corrected chi connectivity index (χ1v) is 28.8. The largest absolute Gasteiger partial charge is 0.497 e. The molecule has 0 aliphatic rings. The number of ether oxygens (including phenoxy) is 2. The minimum atomic E-state index is -1.12. The lowest BCUT2D eigenvalue weighted by Crippen LogP contribution is -2.55. The Morgan fingerprint density at radius 3 is 2.05 bits per heavy atom. The van der Waals surface area contributed by atoms with Gasteiger partial charge >= 0.3 is 5.97 Å². The van der Waals surface area contributed by atoms with Crippen molar-refractivity contribution in [3.05, 3.63) is 78.0 Å². The molecular weight excluding hydrogens is 1020 g/mol. The second-order valence-corrected chi connectivity index (χ2v) is 21.9. The lowest BCUT2D eigenvalue weighted by Gasteiger charge is -2.30. The highest BCUT2D eigenvalue weighted by molar-refractivity contribution is 6.02. The van der Waals surface area contributed by atoms with Crippen LogP contribution in [0.25, 0.3) is 21.7 Å². The van der Waals surface area contributed by atoms with Crippen LogP contribution in [0.1, 0.15) is 160 Å². The van der Waals surface area contributed by atoms with E-state index >= 15 is 0 Å². The Kier molecular flexibility index (Phi) is 28.2. The number of carbonyl (C=O) groups excluding carboxylic acids is 7. The fourth-order valence-electron chi connectivity index (χ4n) is 9.30. The van der Waals surface area contributed by atoms with Crippen LogP contribution in [-0.2, 0) is 28.7 Å². The molecule has 440 valence electrons. The van der Waals surface area contributed by atoms with E-state index in [2.05, 4.69) is 49.1 Å². The van der Waals surface area contributed by atoms with E-state index in [-0.39, 0.29) is 67.0 Å². The average Bonchev–Trinajstić information content (AvgIpc) is 3.48. The molecular formula is C61H91N9O10. The first-order valence-electron chi connectivity index (χ1n) is 28.8. The maximum Gasteiger partial charge on any atom is 0.338 e. The number of nitrogens with zero attached hydrogens (tertiary/aromatic N) is 1. The Morgan fingerprint density at radius 2 is 1.38 bits per heavy atom. The number of aliphatic hydroxyl groups excluding tert-OH is 1. The third kappa shape index (κ3) is 22.0. The van der Waals surface area contributed by atoms with Crippen molar-refractivity contribution in [2.24, 2.45) is 23.5 Å². The molecule has 0 fully saturated rings. The Bertz CT molecular complexity index is 2650. The number of benzene rings is 3. The van der Waals surface area contributed by atoms with Crippen molar-refractivity contribution in [2.75, 3.05) is 38.7 Å². The van der Waals surface area contributed by atoms with Gasteiger partial charge in [0, 0.05) is 48.8 Å². The third-order valence-electron chi connectivity index (χ3n) is 14.0. The normalized spacial score (nSPS) is 14.0. The quantitative estimate of drug-likeness (QED) is 0.0161. The average molecular weight is 1110 g/mol. The van der Waals surface area contributed by atoms with Gasteiger partial charge in [0.2, 0.25) is 29.5 Å². The molecule has 0 bridgehead atoms. The van der Waals surface area contributed by atoms with Crippen LogP contribution in [0.4, 0.5) is 5.69 Å². The summed E-state index contributed by atoms with van der Waals surface area (Å²) in [5, 5.41) is 34.2. The summed E-state index contributed by atoms with van der Waals surface area (Å²) >= 11 is 0. The predicted octanol–water partition coefficient (Wildman–Crippen LogP) is 7.22. The lowest BCUT2D eigenvalue weighted by molar-refractivity contribution is -0.132. The lowest BCUT2D eigenvalue weighted by atomic mass is 9.94. The Balaban J connectivity index is 1.27. The molecule has 4 rings (SSSR count). The molecule has 0 radical (unpaired) electrons. The summed E-state index contributed by atoms with van der Waals surface area (Å²) in [5.74, 6) is -2.37. The molecule has 0 aliphatic heterocycles. The minimum absolute atomic E-state index is 0.0199. The van der Waals surface area contributed by atoms with Gasteiger partial charge in [-0.25, -0.2) is 4.79 Å². The Hall–Kier alpha value is -6.86. The topological polar surface area (TPSA) is 281 Å². The summed E-state index contributed by atoms with van der Waals surface area (Å²) in [5.41, 5.74) is 8.03. The zero-order valence-corrected chi connectivity index (χ0v) is 48.7. The van der Waals surface area contributed by atoms with Crippen LogP contribution in [0.5, 0.6) is 5.75 Å². The number of anilines is 1. The van der Waals surface area contributed by atoms with E-state index in [0.717, 1.165) is 41.6 Å². The molecule has 4 aromatic rings. The number of fused-ring (bicyclic) bond motifs is 2. The number of methoxy groups -OCH3 is 1. The summed E-state index contributed by atoms with van der Waals surface area (Å²) in [6, 6.07) is 14.3. The zero-order valence-electron chi connectivity index (χ0n) is 48.7. The third-order valence-corrected chi connectivity index (χ3v) is 14.0. The standard InChI is InChI=1S/C61H91N9O10/c1-10-12-27-63-54(73)37-52(71)49(31-38(3)4)69-60(77)55(40(7)11-2)70-57(74)45-24-22-43-34-46(25-23-42(43)33-45)61(78)80-30-17-21-53(72)67-51(32-39(5)6)59(76)68-48(20-13-14-26-62)58(75)65-29-15-18-41(8)66-50-36-47(79-9)35-44-19-16-28-64-56(44)50/h16,19,22-25,28,33-36,38-41,48-49,51-52,55,66,71H,10-15,17-18,20-21,26-27,29-32,37,62H2,1-9H3,(H,63,73)(H,65,75)(H,67,72)(H,68,76)(H,69,77)(H,70,74)/t40-,41?,48-,49+,51-,52+,55+/m1/s1. The van der Waals surface area contributed by atoms with Crippen LogP contribution in [0.15, 0.2) is 66.9 Å². The molecule has 1 heterocycles. The summed E-state index contributed by atoms with van der Waals surface area (Å²) < 4.78 is 11.0. The Morgan fingerprint density at radius 1 is 0.675 bits per heavy atom. The van der Waals surface area contributed by atoms with Gasteiger partial charge in [-0.05, 0) is 136 Å². The Labute approximate surface area is 473 Å². The van der Waals surface area contributed by atoms with Gasteiger partial charge in [-0.1, -0.05) is 79.5 Å². The number of hydrogen-bond acceptors (Lipinski definition) is 13. The molecule has 1 aromatic heterocycles. The molecule has 10 N–H and O–H groups in total. The number of aliphatic hydroxyl groups is 1. The van der Waals surface area contributed by atoms with E-state index in [0.29, 0.717) is 80.9 Å². The number of esters is 1. The van der Waals surface area contributed by atoms with Crippen molar-refractivity contribution in [3.8, 4) is 5.75 Å². The van der Waals surface area contributed by atoms with E-state index in [9.17, 15) is 38.7 Å². The van der Waals surface area contributed by atoms with Gasteiger partial charge in [-0.3, -0.25) is 33.8 Å². The van der Waals surface area contributed by atoms with Gasteiger partial charge in [-0.2, -0.15) is 0 Å². The number of pyridine rings is 1. The van der Waals surface area contributed by atoms with Gasteiger partial charge in [0.05, 0.1) is 49.1 Å². The van der Waals surface area contributed by atoms with Crippen LogP contribution in [-0.4, -0.2) is 121 Å². The minimum Gasteiger partial charge on any atom is -0.497 e. The van der Waals surface area contributed by atoms with Crippen LogP contribution in [0.3, 0.4) is 0 Å². The van der Waals surface area contributed by atoms with Gasteiger partial charge < -0.3 is 57.5 Å². The monoisotopic (exact) mass is 1110 g/mol. The fourth-order valence-corrected chi connectivity index (χ4v) is 9.30. The second kappa shape index (κ2) is 34.3. The highest BCUT2D eigenvalue weighted by atomic mass is 16.5. The predicted molar refractivity (Wildman–Crippen MR) is 314 cm³/mol. The maximum atomic E-state index is 13.8. The van der Waals surface area contributed by atoms with Crippen molar-refractivity contribution in [1.82, 2.24) is 36.9 Å². The number of aromatic nitrogens is 1. The van der Waals surface area contributed by atoms with E-state index in [1.54, 1.807) is 49.7 Å². The van der Waals surface area contributed by atoms with Crippen LogP contribution < -0.4 is 47.7 Å². The molecule has 80 heavy (non-hydrogen) atoms. The summed E-state index contributed by atoms with van der Waals surface area (Å²) in [6.07, 6.45) is 6.84. The van der Waals surface area contributed by atoms with Crippen molar-refractivity contribution in [1.29, 1.82) is 0 Å². The number of unbranched alkanes of at least 4 members (excludes halogenated alkanes) is 2. The van der Waals surface area contributed by atoms with Crippen molar-refractivity contribution in [3.63, 3.8) is 0 Å². The summed E-state index contributed by atoms with van der Waals surface area (Å²) in [6.45, 7) is 17.0. The van der Waals surface area contributed by atoms with E-state index in [1.807, 2.05) is 72.7 Å².